The van der Waals surface area contributed by atoms with Crippen molar-refractivity contribution in [3.05, 3.63) is 11.1 Å². The summed E-state index contributed by atoms with van der Waals surface area (Å²) in [4.78, 5) is 24.5. The molecule has 3 rings (SSSR count). The van der Waals surface area contributed by atoms with Gasteiger partial charge in [-0.2, -0.15) is 0 Å². The van der Waals surface area contributed by atoms with Crippen molar-refractivity contribution in [2.75, 3.05) is 6.61 Å². The first-order chi connectivity index (χ1) is 8.52. The molecule has 0 aromatic carbocycles. The highest BCUT2D eigenvalue weighted by Crippen LogP contribution is 2.68. The summed E-state index contributed by atoms with van der Waals surface area (Å²) in [6, 6.07) is 0. The van der Waals surface area contributed by atoms with E-state index in [0.29, 0.717) is 18.6 Å². The summed E-state index contributed by atoms with van der Waals surface area (Å²) in [6.45, 7) is 5.97. The Morgan fingerprint density at radius 3 is 2.61 bits per heavy atom. The Morgan fingerprint density at radius 1 is 1.44 bits per heavy atom. The van der Waals surface area contributed by atoms with Crippen LogP contribution < -0.4 is 0 Å². The van der Waals surface area contributed by atoms with Gasteiger partial charge in [-0.05, 0) is 38.7 Å². The monoisotopic (exact) mass is 250 g/mol. The summed E-state index contributed by atoms with van der Waals surface area (Å²) in [6.07, 6.45) is 1.83. The van der Waals surface area contributed by atoms with E-state index in [4.69, 9.17) is 9.47 Å². The summed E-state index contributed by atoms with van der Waals surface area (Å²) in [7, 11) is 0. The van der Waals surface area contributed by atoms with E-state index in [2.05, 4.69) is 0 Å². The fourth-order valence-corrected chi connectivity index (χ4v) is 3.59. The molecule has 1 aliphatic carbocycles. The Kier molecular flexibility index (Phi) is 2.28. The Bertz CT molecular complexity index is 472. The SMILES string of the molecule is CCOC(=O)C1=C(CC)[C@H]2O[C@]1(C)C1(CC1)C2=O. The largest absolute Gasteiger partial charge is 0.463 e. The molecule has 2 aliphatic heterocycles. The van der Waals surface area contributed by atoms with Crippen LogP contribution in [0, 0.1) is 5.41 Å². The fraction of sp³-hybridized carbons (Fsp3) is 0.714. The lowest BCUT2D eigenvalue weighted by Gasteiger charge is -2.30. The molecule has 1 saturated heterocycles. The first-order valence-corrected chi connectivity index (χ1v) is 6.64. The molecule has 1 spiro atoms. The van der Waals surface area contributed by atoms with Gasteiger partial charge in [-0.15, -0.1) is 0 Å². The molecule has 4 heteroatoms. The number of fused-ring (bicyclic) bond motifs is 3. The van der Waals surface area contributed by atoms with Crippen LogP contribution in [-0.4, -0.2) is 30.1 Å². The summed E-state index contributed by atoms with van der Waals surface area (Å²) < 4.78 is 11.1. The van der Waals surface area contributed by atoms with E-state index in [-0.39, 0.29) is 11.8 Å². The molecule has 98 valence electrons. The second-order valence-electron chi connectivity index (χ2n) is 5.45. The third kappa shape index (κ3) is 1.10. The number of ether oxygens (including phenoxy) is 2. The maximum Gasteiger partial charge on any atom is 0.337 e. The lowest BCUT2D eigenvalue weighted by atomic mass is 9.71. The lowest BCUT2D eigenvalue weighted by molar-refractivity contribution is -0.141. The van der Waals surface area contributed by atoms with Gasteiger partial charge < -0.3 is 9.47 Å². The average molecular weight is 250 g/mol. The molecule has 3 aliphatic rings. The third-order valence-electron chi connectivity index (χ3n) is 4.70. The van der Waals surface area contributed by atoms with Gasteiger partial charge in [0.2, 0.25) is 0 Å². The Labute approximate surface area is 106 Å². The van der Waals surface area contributed by atoms with Gasteiger partial charge in [0, 0.05) is 0 Å². The molecule has 0 N–H and O–H groups in total. The molecule has 1 saturated carbocycles. The highest BCUT2D eigenvalue weighted by molar-refractivity contribution is 6.06. The summed E-state index contributed by atoms with van der Waals surface area (Å²) in [5.41, 5.74) is 0.276. The molecule has 18 heavy (non-hydrogen) atoms. The number of hydrogen-bond donors (Lipinski definition) is 0. The second-order valence-corrected chi connectivity index (χ2v) is 5.45. The summed E-state index contributed by atoms with van der Waals surface area (Å²) in [5, 5.41) is 0. The van der Waals surface area contributed by atoms with Gasteiger partial charge in [0.15, 0.2) is 5.78 Å². The molecule has 2 atom stereocenters. The van der Waals surface area contributed by atoms with Crippen LogP contribution in [0.5, 0.6) is 0 Å². The van der Waals surface area contributed by atoms with Gasteiger partial charge in [-0.25, -0.2) is 4.79 Å². The van der Waals surface area contributed by atoms with E-state index in [1.165, 1.54) is 0 Å². The molecule has 2 heterocycles. The fourth-order valence-electron chi connectivity index (χ4n) is 3.59. The van der Waals surface area contributed by atoms with E-state index >= 15 is 0 Å². The number of Topliss-reactive ketones (excluding diaryl/α,β-unsaturated/α-hetero) is 1. The van der Waals surface area contributed by atoms with Crippen molar-refractivity contribution >= 4 is 11.8 Å². The first kappa shape index (κ1) is 11.9. The highest BCUT2D eigenvalue weighted by atomic mass is 16.6. The minimum Gasteiger partial charge on any atom is -0.463 e. The molecule has 2 fully saturated rings. The van der Waals surface area contributed by atoms with E-state index in [1.807, 2.05) is 13.8 Å². The van der Waals surface area contributed by atoms with Crippen LogP contribution in [0.25, 0.3) is 0 Å². The lowest BCUT2D eigenvalue weighted by Crippen LogP contribution is -2.43. The van der Waals surface area contributed by atoms with Crippen LogP contribution in [-0.2, 0) is 19.1 Å². The van der Waals surface area contributed by atoms with Crippen molar-refractivity contribution in [3.8, 4) is 0 Å². The van der Waals surface area contributed by atoms with Gasteiger partial charge in [-0.3, -0.25) is 4.79 Å². The van der Waals surface area contributed by atoms with Crippen molar-refractivity contribution < 1.29 is 19.1 Å². The standard InChI is InChI=1S/C14H18O4/c1-4-8-9(12(16)17-5-2)13(3)14(6-7-14)11(15)10(8)18-13/h10H,4-7H2,1-3H3/t10-,13+/m1/s1. The molecule has 0 unspecified atom stereocenters. The molecule has 2 bridgehead atoms. The molecular formula is C14H18O4. The van der Waals surface area contributed by atoms with Gasteiger partial charge in [0.25, 0.3) is 0 Å². The minimum atomic E-state index is -0.744. The van der Waals surface area contributed by atoms with Gasteiger partial charge in [-0.1, -0.05) is 6.92 Å². The quantitative estimate of drug-likeness (QED) is 0.716. The normalized spacial score (nSPS) is 35.5. The van der Waals surface area contributed by atoms with Crippen molar-refractivity contribution in [2.45, 2.75) is 51.7 Å². The van der Waals surface area contributed by atoms with Crippen molar-refractivity contribution in [1.29, 1.82) is 0 Å². The zero-order chi connectivity index (χ0) is 13.1. The maximum atomic E-state index is 12.3. The summed E-state index contributed by atoms with van der Waals surface area (Å²) >= 11 is 0. The van der Waals surface area contributed by atoms with Crippen LogP contribution >= 0.6 is 0 Å². The minimum absolute atomic E-state index is 0.176. The van der Waals surface area contributed by atoms with Crippen molar-refractivity contribution in [3.63, 3.8) is 0 Å². The molecule has 4 nitrogen and oxygen atoms in total. The van der Waals surface area contributed by atoms with E-state index in [0.717, 1.165) is 18.4 Å². The summed E-state index contributed by atoms with van der Waals surface area (Å²) in [5.74, 6) is -0.131. The molecule has 0 aromatic rings. The third-order valence-corrected chi connectivity index (χ3v) is 4.70. The van der Waals surface area contributed by atoms with Crippen LogP contribution in [0.2, 0.25) is 0 Å². The smallest absolute Gasteiger partial charge is 0.337 e. The van der Waals surface area contributed by atoms with Crippen LogP contribution in [0.3, 0.4) is 0 Å². The predicted octanol–water partition coefficient (Wildman–Crippen LogP) is 1.78. The number of rotatable bonds is 3. The Balaban J connectivity index is 2.10. The molecular weight excluding hydrogens is 232 g/mol. The molecule has 0 aromatic heterocycles. The highest BCUT2D eigenvalue weighted by Gasteiger charge is 2.76. The van der Waals surface area contributed by atoms with E-state index in [9.17, 15) is 9.59 Å². The average Bonchev–Trinajstić information content (AvgIpc) is 3.04. The topological polar surface area (TPSA) is 52.6 Å². The van der Waals surface area contributed by atoms with Crippen molar-refractivity contribution in [2.24, 2.45) is 5.41 Å². The van der Waals surface area contributed by atoms with Crippen LogP contribution in [0.15, 0.2) is 11.1 Å². The molecule has 0 amide bonds. The zero-order valence-corrected chi connectivity index (χ0v) is 11.0. The number of esters is 1. The van der Waals surface area contributed by atoms with Gasteiger partial charge >= 0.3 is 5.97 Å². The number of hydrogen-bond acceptors (Lipinski definition) is 4. The molecule has 0 radical (unpaired) electrons. The van der Waals surface area contributed by atoms with E-state index in [1.54, 1.807) is 6.92 Å². The zero-order valence-electron chi connectivity index (χ0n) is 11.0. The number of carbonyl (C=O) groups is 2. The van der Waals surface area contributed by atoms with Crippen LogP contribution in [0.4, 0.5) is 0 Å². The van der Waals surface area contributed by atoms with Crippen molar-refractivity contribution in [1.82, 2.24) is 0 Å². The Hall–Kier alpha value is -1.16. The van der Waals surface area contributed by atoms with E-state index < -0.39 is 17.1 Å². The second kappa shape index (κ2) is 3.44. The number of carbonyl (C=O) groups excluding carboxylic acids is 2. The first-order valence-electron chi connectivity index (χ1n) is 6.64. The Morgan fingerprint density at radius 2 is 2.11 bits per heavy atom. The number of ketones is 1. The maximum absolute atomic E-state index is 12.3. The van der Waals surface area contributed by atoms with Gasteiger partial charge in [0.05, 0.1) is 17.6 Å². The van der Waals surface area contributed by atoms with Gasteiger partial charge in [0.1, 0.15) is 11.7 Å². The van der Waals surface area contributed by atoms with Crippen LogP contribution in [0.1, 0.15) is 40.0 Å². The predicted molar refractivity (Wildman–Crippen MR) is 63.9 cm³/mol.